The van der Waals surface area contributed by atoms with Crippen LogP contribution in [0.25, 0.3) is 11.0 Å². The Bertz CT molecular complexity index is 900. The van der Waals surface area contributed by atoms with Crippen molar-refractivity contribution in [2.45, 2.75) is 13.0 Å². The lowest BCUT2D eigenvalue weighted by atomic mass is 10.1. The van der Waals surface area contributed by atoms with E-state index in [1.54, 1.807) is 18.2 Å². The third-order valence-corrected chi connectivity index (χ3v) is 4.70. The van der Waals surface area contributed by atoms with Gasteiger partial charge in [0.1, 0.15) is 11.0 Å². The fourth-order valence-corrected chi connectivity index (χ4v) is 3.14. The number of ether oxygens (including phenoxy) is 1. The molecule has 0 spiro atoms. The van der Waals surface area contributed by atoms with Gasteiger partial charge in [-0.1, -0.05) is 12.1 Å². The summed E-state index contributed by atoms with van der Waals surface area (Å²) in [5, 5.41) is 13.6. The molecule has 1 atom stereocenters. The van der Waals surface area contributed by atoms with Gasteiger partial charge in [0.15, 0.2) is 0 Å². The van der Waals surface area contributed by atoms with E-state index in [4.69, 9.17) is 4.74 Å². The van der Waals surface area contributed by atoms with E-state index in [1.165, 1.54) is 5.69 Å². The molecular weight excluding hydrogens is 330 g/mol. The molecule has 7 heteroatoms. The number of rotatable bonds is 4. The van der Waals surface area contributed by atoms with Gasteiger partial charge in [-0.05, 0) is 42.8 Å². The zero-order valence-corrected chi connectivity index (χ0v) is 14.6. The number of amides is 1. The quantitative estimate of drug-likeness (QED) is 0.753. The molecule has 2 N–H and O–H groups in total. The Kier molecular flexibility index (Phi) is 4.53. The van der Waals surface area contributed by atoms with Crippen LogP contribution in [-0.4, -0.2) is 47.6 Å². The van der Waals surface area contributed by atoms with Gasteiger partial charge in [-0.3, -0.25) is 4.79 Å². The van der Waals surface area contributed by atoms with E-state index in [-0.39, 0.29) is 11.9 Å². The van der Waals surface area contributed by atoms with E-state index in [0.29, 0.717) is 11.1 Å². The van der Waals surface area contributed by atoms with Crippen LogP contribution in [0.2, 0.25) is 0 Å². The van der Waals surface area contributed by atoms with Crippen LogP contribution in [0.1, 0.15) is 28.9 Å². The van der Waals surface area contributed by atoms with Crippen LogP contribution in [0.5, 0.6) is 0 Å². The molecule has 0 bridgehead atoms. The number of hydrogen-bond donors (Lipinski definition) is 2. The minimum atomic E-state index is -0.125. The van der Waals surface area contributed by atoms with Crippen LogP contribution in [0.3, 0.4) is 0 Å². The van der Waals surface area contributed by atoms with Gasteiger partial charge in [-0.15, -0.1) is 0 Å². The van der Waals surface area contributed by atoms with Crippen LogP contribution < -0.4 is 10.2 Å². The summed E-state index contributed by atoms with van der Waals surface area (Å²) in [5.41, 5.74) is 4.25. The molecule has 4 rings (SSSR count). The lowest BCUT2D eigenvalue weighted by Crippen LogP contribution is -2.36. The van der Waals surface area contributed by atoms with Crippen LogP contribution in [0.15, 0.2) is 42.5 Å². The van der Waals surface area contributed by atoms with Crippen molar-refractivity contribution in [1.29, 1.82) is 0 Å². The molecule has 7 nitrogen and oxygen atoms in total. The molecule has 2 heterocycles. The second-order valence-electron chi connectivity index (χ2n) is 6.41. The van der Waals surface area contributed by atoms with E-state index in [1.807, 2.05) is 6.92 Å². The average molecular weight is 351 g/mol. The van der Waals surface area contributed by atoms with Gasteiger partial charge in [-0.25, -0.2) is 0 Å². The summed E-state index contributed by atoms with van der Waals surface area (Å²) < 4.78 is 5.39. The molecule has 134 valence electrons. The highest BCUT2D eigenvalue weighted by Gasteiger charge is 2.14. The van der Waals surface area contributed by atoms with Gasteiger partial charge in [0.2, 0.25) is 0 Å². The molecule has 1 unspecified atom stereocenters. The number of aromatic nitrogens is 3. The smallest absolute Gasteiger partial charge is 0.251 e. The molecule has 2 aromatic carbocycles. The van der Waals surface area contributed by atoms with Crippen molar-refractivity contribution in [2.75, 3.05) is 31.2 Å². The van der Waals surface area contributed by atoms with Crippen molar-refractivity contribution in [3.63, 3.8) is 0 Å². The number of carbonyl (C=O) groups excluding carboxylic acids is 1. The van der Waals surface area contributed by atoms with Crippen molar-refractivity contribution in [1.82, 2.24) is 20.7 Å². The van der Waals surface area contributed by atoms with E-state index >= 15 is 0 Å². The maximum Gasteiger partial charge on any atom is 0.251 e. The number of H-pyrrole nitrogens is 1. The van der Waals surface area contributed by atoms with Gasteiger partial charge in [0.25, 0.3) is 5.91 Å². The number of morpholine rings is 1. The molecule has 1 aliphatic rings. The second kappa shape index (κ2) is 7.13. The zero-order valence-electron chi connectivity index (χ0n) is 14.6. The summed E-state index contributed by atoms with van der Waals surface area (Å²) >= 11 is 0. The lowest BCUT2D eigenvalue weighted by molar-refractivity contribution is 0.0940. The van der Waals surface area contributed by atoms with Crippen molar-refractivity contribution in [2.24, 2.45) is 0 Å². The number of aromatic amines is 1. The zero-order chi connectivity index (χ0) is 17.9. The number of fused-ring (bicyclic) bond motifs is 1. The Morgan fingerprint density at radius 1 is 1.12 bits per heavy atom. The summed E-state index contributed by atoms with van der Waals surface area (Å²) in [5.74, 6) is -0.125. The first-order chi connectivity index (χ1) is 12.7. The SMILES string of the molecule is CC(NC(=O)c1ccc2n[nH]nc2c1)c1ccc(N2CCOCC2)cc1. The number of nitrogens with one attached hydrogen (secondary N) is 2. The Labute approximate surface area is 151 Å². The largest absolute Gasteiger partial charge is 0.378 e. The molecule has 0 saturated carbocycles. The van der Waals surface area contributed by atoms with Crippen LogP contribution >= 0.6 is 0 Å². The third kappa shape index (κ3) is 3.39. The fraction of sp³-hybridized carbons (Fsp3) is 0.316. The highest BCUT2D eigenvalue weighted by Crippen LogP contribution is 2.21. The molecule has 0 aliphatic carbocycles. The molecule has 1 aromatic heterocycles. The van der Waals surface area contributed by atoms with E-state index in [0.717, 1.165) is 37.4 Å². The first kappa shape index (κ1) is 16.5. The fourth-order valence-electron chi connectivity index (χ4n) is 3.14. The number of hydrogen-bond acceptors (Lipinski definition) is 5. The first-order valence-electron chi connectivity index (χ1n) is 8.75. The molecule has 1 aliphatic heterocycles. The van der Waals surface area contributed by atoms with E-state index < -0.39 is 0 Å². The summed E-state index contributed by atoms with van der Waals surface area (Å²) in [6.07, 6.45) is 0. The number of carbonyl (C=O) groups is 1. The Balaban J connectivity index is 1.43. The standard InChI is InChI=1S/C19H21N5O2/c1-13(14-2-5-16(6-3-14)24-8-10-26-11-9-24)20-19(25)15-4-7-17-18(12-15)22-23-21-17/h2-7,12-13H,8-11H2,1H3,(H,20,25)(H,21,22,23). The summed E-state index contributed by atoms with van der Waals surface area (Å²) in [6.45, 7) is 5.34. The number of benzene rings is 2. The highest BCUT2D eigenvalue weighted by molar-refractivity contribution is 5.97. The predicted molar refractivity (Wildman–Crippen MR) is 99.2 cm³/mol. The lowest BCUT2D eigenvalue weighted by Gasteiger charge is -2.29. The van der Waals surface area contributed by atoms with E-state index in [2.05, 4.69) is 49.9 Å². The maximum atomic E-state index is 12.5. The van der Waals surface area contributed by atoms with Gasteiger partial charge in [0.05, 0.1) is 19.3 Å². The van der Waals surface area contributed by atoms with Crippen molar-refractivity contribution < 1.29 is 9.53 Å². The van der Waals surface area contributed by atoms with Crippen LogP contribution in [0.4, 0.5) is 5.69 Å². The van der Waals surface area contributed by atoms with Gasteiger partial charge >= 0.3 is 0 Å². The summed E-state index contributed by atoms with van der Waals surface area (Å²) in [7, 11) is 0. The maximum absolute atomic E-state index is 12.5. The molecule has 1 fully saturated rings. The summed E-state index contributed by atoms with van der Waals surface area (Å²) in [6, 6.07) is 13.5. The van der Waals surface area contributed by atoms with E-state index in [9.17, 15) is 4.79 Å². The van der Waals surface area contributed by atoms with Gasteiger partial charge in [0, 0.05) is 24.3 Å². The number of anilines is 1. The summed E-state index contributed by atoms with van der Waals surface area (Å²) in [4.78, 5) is 14.8. The third-order valence-electron chi connectivity index (χ3n) is 4.70. The Hall–Kier alpha value is -2.93. The minimum absolute atomic E-state index is 0.0887. The first-order valence-corrected chi connectivity index (χ1v) is 8.75. The van der Waals surface area contributed by atoms with Gasteiger partial charge < -0.3 is 15.0 Å². The minimum Gasteiger partial charge on any atom is -0.378 e. The molecule has 3 aromatic rings. The second-order valence-corrected chi connectivity index (χ2v) is 6.41. The Morgan fingerprint density at radius 2 is 1.85 bits per heavy atom. The molecular formula is C19H21N5O2. The topological polar surface area (TPSA) is 83.1 Å². The monoisotopic (exact) mass is 351 g/mol. The normalized spacial score (nSPS) is 15.8. The molecule has 0 radical (unpaired) electrons. The highest BCUT2D eigenvalue weighted by atomic mass is 16.5. The van der Waals surface area contributed by atoms with Crippen LogP contribution in [0, 0.1) is 0 Å². The number of nitrogens with zero attached hydrogens (tertiary/aromatic N) is 3. The van der Waals surface area contributed by atoms with Crippen LogP contribution in [-0.2, 0) is 4.74 Å². The molecule has 1 saturated heterocycles. The van der Waals surface area contributed by atoms with Crippen molar-refractivity contribution in [3.8, 4) is 0 Å². The molecule has 1 amide bonds. The predicted octanol–water partition coefficient (Wildman–Crippen LogP) is 2.29. The molecule has 26 heavy (non-hydrogen) atoms. The average Bonchev–Trinajstić information content (AvgIpc) is 3.16. The van der Waals surface area contributed by atoms with Gasteiger partial charge in [-0.2, -0.15) is 15.4 Å². The van der Waals surface area contributed by atoms with Crippen molar-refractivity contribution >= 4 is 22.6 Å². The Morgan fingerprint density at radius 3 is 2.62 bits per heavy atom. The van der Waals surface area contributed by atoms with Crippen molar-refractivity contribution in [3.05, 3.63) is 53.6 Å².